The Hall–Kier alpha value is -3.93. The van der Waals surface area contributed by atoms with Gasteiger partial charge in [-0.1, -0.05) is 53.7 Å². The molecule has 6 nitrogen and oxygen atoms in total. The molecule has 0 saturated heterocycles. The first-order valence-corrected chi connectivity index (χ1v) is 8.54. The summed E-state index contributed by atoms with van der Waals surface area (Å²) in [7, 11) is 0. The molecule has 0 spiro atoms. The molecule has 2 aromatic carbocycles. The molecule has 6 heteroatoms. The average molecular weight is 353 g/mol. The highest BCUT2D eigenvalue weighted by Gasteiger charge is 2.10. The second-order valence-corrected chi connectivity index (χ2v) is 6.11. The zero-order valence-electron chi connectivity index (χ0n) is 14.3. The molecule has 0 aliphatic rings. The Morgan fingerprint density at radius 2 is 1.15 bits per heavy atom. The normalized spacial score (nSPS) is 11.0. The summed E-state index contributed by atoms with van der Waals surface area (Å²) in [4.78, 5) is 14.7. The van der Waals surface area contributed by atoms with E-state index in [1.807, 2.05) is 67.0 Å². The Kier molecular flexibility index (Phi) is 3.65. The lowest BCUT2D eigenvalue weighted by atomic mass is 10.1. The molecule has 0 unspecified atom stereocenters. The lowest BCUT2D eigenvalue weighted by molar-refractivity contribution is 0.435. The van der Waals surface area contributed by atoms with E-state index in [-0.39, 0.29) is 0 Å². The highest BCUT2D eigenvalue weighted by atomic mass is 16.5. The molecule has 0 bridgehead atoms. The summed E-state index contributed by atoms with van der Waals surface area (Å²) >= 11 is 0. The summed E-state index contributed by atoms with van der Waals surface area (Å²) in [5.41, 5.74) is 4.81. The maximum absolute atomic E-state index is 5.55. The predicted molar refractivity (Wildman–Crippen MR) is 103 cm³/mol. The standard InChI is InChI=1S/C21H15N5O/c1-5-16(20-22-9-10-23-20)6-2-14(1)18-13-19(27-26-18)15-3-7-17(8-4-15)21-24-11-12-25-21/h1-13H,(H,22,23)(H,24,25). The van der Waals surface area contributed by atoms with E-state index in [0.717, 1.165) is 45.4 Å². The van der Waals surface area contributed by atoms with Gasteiger partial charge in [0.1, 0.15) is 17.3 Å². The Balaban J connectivity index is 1.39. The molecule has 0 aliphatic heterocycles. The van der Waals surface area contributed by atoms with Crippen LogP contribution in [0.2, 0.25) is 0 Å². The molecule has 0 fully saturated rings. The molecular weight excluding hydrogens is 338 g/mol. The highest BCUT2D eigenvalue weighted by Crippen LogP contribution is 2.28. The molecule has 3 heterocycles. The summed E-state index contributed by atoms with van der Waals surface area (Å²) in [5, 5.41) is 4.21. The summed E-state index contributed by atoms with van der Waals surface area (Å²) in [6.45, 7) is 0. The number of aromatic amines is 2. The van der Waals surface area contributed by atoms with Crippen LogP contribution in [0.1, 0.15) is 0 Å². The second kappa shape index (κ2) is 6.42. The van der Waals surface area contributed by atoms with Crippen molar-refractivity contribution in [3.63, 3.8) is 0 Å². The molecule has 0 radical (unpaired) electrons. The fraction of sp³-hybridized carbons (Fsp3) is 0. The van der Waals surface area contributed by atoms with E-state index in [9.17, 15) is 0 Å². The van der Waals surface area contributed by atoms with Crippen molar-refractivity contribution in [1.82, 2.24) is 25.1 Å². The van der Waals surface area contributed by atoms with Gasteiger partial charge in [-0.25, -0.2) is 9.97 Å². The molecular formula is C21H15N5O. The van der Waals surface area contributed by atoms with Gasteiger partial charge >= 0.3 is 0 Å². The predicted octanol–water partition coefficient (Wildman–Crippen LogP) is 4.79. The van der Waals surface area contributed by atoms with Crippen LogP contribution >= 0.6 is 0 Å². The average Bonchev–Trinajstić information content (AvgIpc) is 3.51. The molecule has 5 rings (SSSR count). The minimum atomic E-state index is 0.728. The highest BCUT2D eigenvalue weighted by molar-refractivity contribution is 5.70. The second-order valence-electron chi connectivity index (χ2n) is 6.11. The Morgan fingerprint density at radius 3 is 1.67 bits per heavy atom. The van der Waals surface area contributed by atoms with Crippen LogP contribution in [0, 0.1) is 0 Å². The van der Waals surface area contributed by atoms with Crippen LogP contribution in [-0.2, 0) is 0 Å². The van der Waals surface area contributed by atoms with Crippen molar-refractivity contribution in [3.05, 3.63) is 79.4 Å². The first-order valence-electron chi connectivity index (χ1n) is 8.54. The smallest absolute Gasteiger partial charge is 0.167 e. The third-order valence-corrected chi connectivity index (χ3v) is 4.40. The van der Waals surface area contributed by atoms with E-state index in [1.54, 1.807) is 12.4 Å². The van der Waals surface area contributed by atoms with Crippen LogP contribution in [-0.4, -0.2) is 25.1 Å². The van der Waals surface area contributed by atoms with E-state index in [1.165, 1.54) is 0 Å². The quantitative estimate of drug-likeness (QED) is 0.487. The fourth-order valence-corrected chi connectivity index (χ4v) is 2.98. The van der Waals surface area contributed by atoms with Crippen molar-refractivity contribution >= 4 is 0 Å². The van der Waals surface area contributed by atoms with Gasteiger partial charge in [-0.15, -0.1) is 0 Å². The van der Waals surface area contributed by atoms with Crippen molar-refractivity contribution in [2.75, 3.05) is 0 Å². The van der Waals surface area contributed by atoms with Crippen LogP contribution in [0.5, 0.6) is 0 Å². The fourth-order valence-electron chi connectivity index (χ4n) is 2.98. The Labute approximate surface area is 154 Å². The number of benzene rings is 2. The Bertz CT molecular complexity index is 1050. The lowest BCUT2D eigenvalue weighted by Gasteiger charge is -1.99. The van der Waals surface area contributed by atoms with Gasteiger partial charge in [-0.3, -0.25) is 0 Å². The van der Waals surface area contributed by atoms with Gasteiger partial charge in [0.2, 0.25) is 0 Å². The van der Waals surface area contributed by atoms with Gasteiger partial charge in [0, 0.05) is 53.1 Å². The number of hydrogen-bond donors (Lipinski definition) is 2. The molecule has 0 aliphatic carbocycles. The largest absolute Gasteiger partial charge is 0.356 e. The maximum Gasteiger partial charge on any atom is 0.167 e. The van der Waals surface area contributed by atoms with Crippen LogP contribution < -0.4 is 0 Å². The zero-order chi connectivity index (χ0) is 18.1. The van der Waals surface area contributed by atoms with Crippen molar-refractivity contribution < 1.29 is 4.52 Å². The third kappa shape index (κ3) is 2.93. The van der Waals surface area contributed by atoms with Crippen LogP contribution in [0.4, 0.5) is 0 Å². The van der Waals surface area contributed by atoms with Gasteiger partial charge in [0.25, 0.3) is 0 Å². The monoisotopic (exact) mass is 353 g/mol. The molecule has 130 valence electrons. The first kappa shape index (κ1) is 15.3. The van der Waals surface area contributed by atoms with Gasteiger partial charge in [0.05, 0.1) is 0 Å². The summed E-state index contributed by atoms with van der Waals surface area (Å²) in [6.07, 6.45) is 7.10. The number of nitrogens with one attached hydrogen (secondary N) is 2. The minimum Gasteiger partial charge on any atom is -0.356 e. The zero-order valence-corrected chi connectivity index (χ0v) is 14.3. The number of nitrogens with zero attached hydrogens (tertiary/aromatic N) is 3. The van der Waals surface area contributed by atoms with Gasteiger partial charge in [-0.05, 0) is 0 Å². The van der Waals surface area contributed by atoms with Crippen molar-refractivity contribution in [1.29, 1.82) is 0 Å². The SMILES string of the molecule is c1c[nH]c(-c2ccc(-c3cc(-c4ccc(-c5ncc[nH]5)cc4)on3)cc2)n1. The molecule has 2 N–H and O–H groups in total. The van der Waals surface area contributed by atoms with Crippen molar-refractivity contribution in [2.45, 2.75) is 0 Å². The summed E-state index contributed by atoms with van der Waals surface area (Å²) < 4.78 is 5.55. The number of H-pyrrole nitrogens is 2. The molecule has 0 saturated carbocycles. The number of aromatic nitrogens is 5. The van der Waals surface area contributed by atoms with Crippen LogP contribution in [0.15, 0.2) is 83.9 Å². The van der Waals surface area contributed by atoms with Crippen molar-refractivity contribution in [2.24, 2.45) is 0 Å². The lowest BCUT2D eigenvalue weighted by Crippen LogP contribution is -1.82. The van der Waals surface area contributed by atoms with Crippen LogP contribution in [0.25, 0.3) is 45.4 Å². The molecule has 0 atom stereocenters. The van der Waals surface area contributed by atoms with Crippen molar-refractivity contribution in [3.8, 4) is 45.4 Å². The molecule has 0 amide bonds. The van der Waals surface area contributed by atoms with E-state index >= 15 is 0 Å². The van der Waals surface area contributed by atoms with Gasteiger partial charge < -0.3 is 14.5 Å². The Morgan fingerprint density at radius 1 is 0.630 bits per heavy atom. The number of rotatable bonds is 4. The minimum absolute atomic E-state index is 0.728. The molecule has 27 heavy (non-hydrogen) atoms. The first-order chi connectivity index (χ1) is 13.4. The molecule has 3 aromatic heterocycles. The van der Waals surface area contributed by atoms with Gasteiger partial charge in [-0.2, -0.15) is 0 Å². The molecule has 5 aromatic rings. The van der Waals surface area contributed by atoms with E-state index in [4.69, 9.17) is 4.52 Å². The summed E-state index contributed by atoms with van der Waals surface area (Å²) in [6, 6.07) is 18.0. The summed E-state index contributed by atoms with van der Waals surface area (Å²) in [5.74, 6) is 2.42. The number of imidazole rings is 2. The van der Waals surface area contributed by atoms with E-state index < -0.39 is 0 Å². The maximum atomic E-state index is 5.55. The number of hydrogen-bond acceptors (Lipinski definition) is 4. The van der Waals surface area contributed by atoms with E-state index in [0.29, 0.717) is 0 Å². The van der Waals surface area contributed by atoms with Gasteiger partial charge in [0.15, 0.2) is 5.76 Å². The van der Waals surface area contributed by atoms with Crippen LogP contribution in [0.3, 0.4) is 0 Å². The van der Waals surface area contributed by atoms with E-state index in [2.05, 4.69) is 25.1 Å². The third-order valence-electron chi connectivity index (χ3n) is 4.40. The topological polar surface area (TPSA) is 83.4 Å².